The largest absolute Gasteiger partial charge is 0.497 e. The van der Waals surface area contributed by atoms with Crippen molar-refractivity contribution in [2.24, 2.45) is 0 Å². The molecule has 0 fully saturated rings. The maximum absolute atomic E-state index is 6.72. The molecule has 1 nitrogen and oxygen atoms in total. The summed E-state index contributed by atoms with van der Waals surface area (Å²) in [5.41, 5.74) is 2.13. The average Bonchev–Trinajstić information content (AvgIpc) is 2.55. The molecular weight excluding hydrogens is 348 g/mol. The van der Waals surface area contributed by atoms with Gasteiger partial charge in [-0.2, -0.15) is 0 Å². The van der Waals surface area contributed by atoms with Gasteiger partial charge in [-0.1, -0.05) is 58.4 Å². The van der Waals surface area contributed by atoms with E-state index in [0.717, 1.165) is 26.7 Å². The van der Waals surface area contributed by atoms with Gasteiger partial charge in [0.1, 0.15) is 5.75 Å². The number of halogens is 2. The second-order valence-corrected chi connectivity index (χ2v) is 6.11. The molecule has 0 aliphatic rings. The zero-order valence-corrected chi connectivity index (χ0v) is 13.9. The Labute approximate surface area is 137 Å². The number of methoxy groups -OCH3 is 1. The summed E-state index contributed by atoms with van der Waals surface area (Å²) in [6.07, 6.45) is 0. The van der Waals surface area contributed by atoms with Gasteiger partial charge in [0, 0.05) is 4.47 Å². The fourth-order valence-corrected chi connectivity index (χ4v) is 3.29. The summed E-state index contributed by atoms with van der Waals surface area (Å²) in [6.45, 7) is 0. The Kier molecular flexibility index (Phi) is 4.18. The lowest BCUT2D eigenvalue weighted by Gasteiger charge is -2.15. The predicted octanol–water partition coefficient (Wildman–Crippen LogP) is 5.94. The van der Waals surface area contributed by atoms with Crippen molar-refractivity contribution in [3.63, 3.8) is 0 Å². The highest BCUT2D eigenvalue weighted by Gasteiger charge is 2.15. The van der Waals surface area contributed by atoms with Crippen molar-refractivity contribution >= 4 is 38.3 Å². The van der Waals surface area contributed by atoms with E-state index in [-0.39, 0.29) is 5.38 Å². The SMILES string of the molecule is COc1cccc(C(Cl)c2ccc(Br)c3ccccc23)c1. The maximum Gasteiger partial charge on any atom is 0.119 e. The minimum absolute atomic E-state index is 0.210. The van der Waals surface area contributed by atoms with Crippen LogP contribution in [0.3, 0.4) is 0 Å². The molecule has 0 aliphatic heterocycles. The molecule has 3 aromatic carbocycles. The van der Waals surface area contributed by atoms with E-state index in [0.29, 0.717) is 0 Å². The summed E-state index contributed by atoms with van der Waals surface area (Å²) in [4.78, 5) is 0. The van der Waals surface area contributed by atoms with Crippen molar-refractivity contribution in [1.29, 1.82) is 0 Å². The van der Waals surface area contributed by atoms with Gasteiger partial charge in [-0.3, -0.25) is 0 Å². The third-order valence-corrected chi connectivity index (χ3v) is 4.74. The lowest BCUT2D eigenvalue weighted by atomic mass is 9.98. The van der Waals surface area contributed by atoms with Gasteiger partial charge < -0.3 is 4.74 Å². The third-order valence-electron chi connectivity index (χ3n) is 3.56. The molecule has 106 valence electrons. The fraction of sp³-hybridized carbons (Fsp3) is 0.111. The molecule has 0 N–H and O–H groups in total. The minimum atomic E-state index is -0.210. The summed E-state index contributed by atoms with van der Waals surface area (Å²) in [5, 5.41) is 2.12. The topological polar surface area (TPSA) is 9.23 Å². The fourth-order valence-electron chi connectivity index (χ4n) is 2.49. The van der Waals surface area contributed by atoms with Crippen LogP contribution in [0.4, 0.5) is 0 Å². The third kappa shape index (κ3) is 2.78. The quantitative estimate of drug-likeness (QED) is 0.525. The van der Waals surface area contributed by atoms with Crippen LogP contribution in [0.5, 0.6) is 5.75 Å². The predicted molar refractivity (Wildman–Crippen MR) is 92.3 cm³/mol. The lowest BCUT2D eigenvalue weighted by molar-refractivity contribution is 0.414. The Morgan fingerprint density at radius 2 is 1.71 bits per heavy atom. The number of hydrogen-bond donors (Lipinski definition) is 0. The smallest absolute Gasteiger partial charge is 0.119 e. The van der Waals surface area contributed by atoms with E-state index in [4.69, 9.17) is 16.3 Å². The average molecular weight is 362 g/mol. The molecular formula is C18H14BrClO. The number of ether oxygens (including phenoxy) is 1. The maximum atomic E-state index is 6.72. The molecule has 0 saturated carbocycles. The second kappa shape index (κ2) is 6.08. The highest BCUT2D eigenvalue weighted by Crippen LogP contribution is 2.37. The summed E-state index contributed by atoms with van der Waals surface area (Å²) in [7, 11) is 1.66. The van der Waals surface area contributed by atoms with E-state index in [9.17, 15) is 0 Å². The summed E-state index contributed by atoms with van der Waals surface area (Å²) in [5.74, 6) is 0.819. The Bertz CT molecular complexity index is 785. The van der Waals surface area contributed by atoms with Gasteiger partial charge in [0.15, 0.2) is 0 Å². The molecule has 0 aliphatic carbocycles. The standard InChI is InChI=1S/C18H14BrClO/c1-21-13-6-4-5-12(11-13)18(20)16-9-10-17(19)15-8-3-2-7-14(15)16/h2-11,18H,1H3. The summed E-state index contributed by atoms with van der Waals surface area (Å²) < 4.78 is 6.36. The molecule has 1 atom stereocenters. The van der Waals surface area contributed by atoms with E-state index in [2.05, 4.69) is 34.1 Å². The Hall–Kier alpha value is -1.51. The van der Waals surface area contributed by atoms with Gasteiger partial charge in [-0.25, -0.2) is 0 Å². The van der Waals surface area contributed by atoms with Crippen molar-refractivity contribution in [3.05, 3.63) is 76.3 Å². The number of rotatable bonds is 3. The Morgan fingerprint density at radius 1 is 0.952 bits per heavy atom. The molecule has 0 aromatic heterocycles. The van der Waals surface area contributed by atoms with Gasteiger partial charge in [-0.05, 0) is 40.1 Å². The molecule has 0 heterocycles. The highest BCUT2D eigenvalue weighted by molar-refractivity contribution is 9.10. The van der Waals surface area contributed by atoms with Crippen LogP contribution >= 0.6 is 27.5 Å². The number of alkyl halides is 1. The van der Waals surface area contributed by atoms with Crippen molar-refractivity contribution in [2.75, 3.05) is 7.11 Å². The second-order valence-electron chi connectivity index (χ2n) is 4.82. The van der Waals surface area contributed by atoms with Gasteiger partial charge in [0.2, 0.25) is 0 Å². The van der Waals surface area contributed by atoms with E-state index < -0.39 is 0 Å². The van der Waals surface area contributed by atoms with Crippen molar-refractivity contribution in [3.8, 4) is 5.75 Å². The number of benzene rings is 3. The van der Waals surface area contributed by atoms with Crippen LogP contribution in [-0.2, 0) is 0 Å². The summed E-state index contributed by atoms with van der Waals surface area (Å²) in [6, 6.07) is 20.3. The molecule has 0 radical (unpaired) electrons. The Balaban J connectivity index is 2.13. The molecule has 3 rings (SSSR count). The van der Waals surface area contributed by atoms with Gasteiger partial charge in [0.25, 0.3) is 0 Å². The molecule has 0 saturated heterocycles. The van der Waals surface area contributed by atoms with E-state index in [1.807, 2.05) is 42.5 Å². The van der Waals surface area contributed by atoms with Crippen molar-refractivity contribution in [1.82, 2.24) is 0 Å². The zero-order valence-electron chi connectivity index (χ0n) is 11.5. The summed E-state index contributed by atoms with van der Waals surface area (Å²) >= 11 is 10.3. The number of fused-ring (bicyclic) bond motifs is 1. The van der Waals surface area contributed by atoms with Gasteiger partial charge in [0.05, 0.1) is 12.5 Å². The molecule has 0 spiro atoms. The van der Waals surface area contributed by atoms with Crippen LogP contribution in [0.1, 0.15) is 16.5 Å². The van der Waals surface area contributed by atoms with Crippen molar-refractivity contribution in [2.45, 2.75) is 5.38 Å². The van der Waals surface area contributed by atoms with Crippen LogP contribution in [-0.4, -0.2) is 7.11 Å². The van der Waals surface area contributed by atoms with Crippen LogP contribution in [0.25, 0.3) is 10.8 Å². The van der Waals surface area contributed by atoms with Gasteiger partial charge >= 0.3 is 0 Å². The molecule has 0 amide bonds. The van der Waals surface area contributed by atoms with Crippen molar-refractivity contribution < 1.29 is 4.74 Å². The van der Waals surface area contributed by atoms with E-state index >= 15 is 0 Å². The van der Waals surface area contributed by atoms with E-state index in [1.54, 1.807) is 7.11 Å². The Morgan fingerprint density at radius 3 is 2.48 bits per heavy atom. The van der Waals surface area contributed by atoms with Crippen LogP contribution in [0.15, 0.2) is 65.1 Å². The highest BCUT2D eigenvalue weighted by atomic mass is 79.9. The van der Waals surface area contributed by atoms with E-state index in [1.165, 1.54) is 5.39 Å². The molecule has 21 heavy (non-hydrogen) atoms. The first kappa shape index (κ1) is 14.4. The first-order valence-corrected chi connectivity index (χ1v) is 7.89. The van der Waals surface area contributed by atoms with Crippen LogP contribution < -0.4 is 4.74 Å². The first-order valence-electron chi connectivity index (χ1n) is 6.66. The molecule has 3 heteroatoms. The minimum Gasteiger partial charge on any atom is -0.497 e. The lowest BCUT2D eigenvalue weighted by Crippen LogP contribution is -1.96. The normalized spacial score (nSPS) is 12.3. The van der Waals surface area contributed by atoms with Crippen LogP contribution in [0, 0.1) is 0 Å². The van der Waals surface area contributed by atoms with Crippen LogP contribution in [0.2, 0.25) is 0 Å². The number of hydrogen-bond acceptors (Lipinski definition) is 1. The molecule has 1 unspecified atom stereocenters. The van der Waals surface area contributed by atoms with Gasteiger partial charge in [-0.15, -0.1) is 11.6 Å². The molecule has 0 bridgehead atoms. The zero-order chi connectivity index (χ0) is 14.8. The first-order chi connectivity index (χ1) is 10.2. The molecule has 3 aromatic rings. The monoisotopic (exact) mass is 360 g/mol.